The van der Waals surface area contributed by atoms with Crippen molar-refractivity contribution >= 4 is 45.8 Å². The summed E-state index contributed by atoms with van der Waals surface area (Å²) in [7, 11) is 1.75. The van der Waals surface area contributed by atoms with Crippen LogP contribution in [-0.2, 0) is 11.8 Å². The Kier molecular flexibility index (Phi) is 5.48. The lowest BCUT2D eigenvalue weighted by molar-refractivity contribution is -0.114. The van der Waals surface area contributed by atoms with E-state index in [-0.39, 0.29) is 11.8 Å². The van der Waals surface area contributed by atoms with E-state index in [9.17, 15) is 9.59 Å². The molecule has 0 unspecified atom stereocenters. The van der Waals surface area contributed by atoms with Crippen molar-refractivity contribution in [3.8, 4) is 0 Å². The van der Waals surface area contributed by atoms with Crippen LogP contribution in [0.25, 0.3) is 0 Å². The number of hydrogen-bond acceptors (Lipinski definition) is 4. The van der Waals surface area contributed by atoms with Gasteiger partial charge in [0.25, 0.3) is 5.91 Å². The topological polar surface area (TPSA) is 88.4 Å². The number of aromatic nitrogens is 2. The van der Waals surface area contributed by atoms with Crippen LogP contribution in [0.2, 0.25) is 0 Å². The van der Waals surface area contributed by atoms with Gasteiger partial charge in [0.1, 0.15) is 0 Å². The first-order chi connectivity index (χ1) is 10.9. The number of anilines is 1. The monoisotopic (exact) mass is 425 g/mol. The molecule has 1 aromatic carbocycles. The van der Waals surface area contributed by atoms with Gasteiger partial charge in [-0.25, -0.2) is 5.43 Å². The number of hydrazone groups is 1. The average molecular weight is 425 g/mol. The molecule has 0 radical (unpaired) electrons. The molecule has 0 aliphatic carbocycles. The number of carbonyl (C=O) groups is 2. The van der Waals surface area contributed by atoms with Crippen LogP contribution < -0.4 is 10.7 Å². The van der Waals surface area contributed by atoms with Gasteiger partial charge in [0.05, 0.1) is 9.28 Å². The van der Waals surface area contributed by atoms with Crippen molar-refractivity contribution in [1.82, 2.24) is 15.2 Å². The standard InChI is InChI=1S/C15H16IN5O2/c1-9(11-4-6-12(7-5-11)17-10(2)22)18-19-15(23)14-13(16)8-21(3)20-14/h4-8H,1-3H3,(H,17,22)(H,19,23)/b18-9-. The summed E-state index contributed by atoms with van der Waals surface area (Å²) >= 11 is 2.05. The molecule has 0 aliphatic heterocycles. The third kappa shape index (κ3) is 4.62. The third-order valence-electron chi connectivity index (χ3n) is 2.95. The van der Waals surface area contributed by atoms with Crippen LogP contribution in [0.4, 0.5) is 5.69 Å². The number of carbonyl (C=O) groups excluding carboxylic acids is 2. The van der Waals surface area contributed by atoms with Gasteiger partial charge in [0, 0.05) is 25.9 Å². The van der Waals surface area contributed by atoms with Crippen molar-refractivity contribution in [2.24, 2.45) is 12.1 Å². The molecule has 0 aliphatic rings. The summed E-state index contributed by atoms with van der Waals surface area (Å²) in [6, 6.07) is 7.19. The van der Waals surface area contributed by atoms with Gasteiger partial charge in [-0.3, -0.25) is 14.3 Å². The molecule has 23 heavy (non-hydrogen) atoms. The third-order valence-corrected chi connectivity index (χ3v) is 3.74. The Morgan fingerprint density at radius 1 is 1.22 bits per heavy atom. The summed E-state index contributed by atoms with van der Waals surface area (Å²) < 4.78 is 2.34. The Hall–Kier alpha value is -2.23. The lowest BCUT2D eigenvalue weighted by atomic mass is 10.1. The number of benzene rings is 1. The molecule has 7 nitrogen and oxygen atoms in total. The van der Waals surface area contributed by atoms with E-state index in [0.717, 1.165) is 9.13 Å². The molecule has 0 spiro atoms. The minimum Gasteiger partial charge on any atom is -0.326 e. The predicted octanol–water partition coefficient (Wildman–Crippen LogP) is 2.14. The zero-order chi connectivity index (χ0) is 17.0. The quantitative estimate of drug-likeness (QED) is 0.447. The van der Waals surface area contributed by atoms with Crippen molar-refractivity contribution in [3.63, 3.8) is 0 Å². The highest BCUT2D eigenvalue weighted by Crippen LogP contribution is 2.11. The highest BCUT2D eigenvalue weighted by atomic mass is 127. The Labute approximate surface area is 147 Å². The molecule has 0 bridgehead atoms. The Morgan fingerprint density at radius 2 is 1.87 bits per heavy atom. The molecule has 0 fully saturated rings. The Bertz CT molecular complexity index is 765. The average Bonchev–Trinajstić information content (AvgIpc) is 2.83. The summed E-state index contributed by atoms with van der Waals surface area (Å²) in [6.45, 7) is 3.24. The Balaban J connectivity index is 2.06. The van der Waals surface area contributed by atoms with Gasteiger partial charge >= 0.3 is 0 Å². The van der Waals surface area contributed by atoms with Gasteiger partial charge in [0.15, 0.2) is 5.69 Å². The van der Waals surface area contributed by atoms with Gasteiger partial charge < -0.3 is 5.32 Å². The SMILES string of the molecule is CC(=O)Nc1ccc(/C(C)=N\NC(=O)c2nn(C)cc2I)cc1. The van der Waals surface area contributed by atoms with E-state index >= 15 is 0 Å². The second kappa shape index (κ2) is 7.36. The van der Waals surface area contributed by atoms with Gasteiger partial charge in [-0.2, -0.15) is 10.2 Å². The normalized spacial score (nSPS) is 11.2. The molecule has 2 rings (SSSR count). The van der Waals surface area contributed by atoms with Crippen molar-refractivity contribution in [2.75, 3.05) is 5.32 Å². The first-order valence-electron chi connectivity index (χ1n) is 6.78. The van der Waals surface area contributed by atoms with E-state index in [4.69, 9.17) is 0 Å². The zero-order valence-corrected chi connectivity index (χ0v) is 15.1. The summed E-state index contributed by atoms with van der Waals surface area (Å²) in [5, 5.41) is 10.9. The molecule has 2 N–H and O–H groups in total. The summed E-state index contributed by atoms with van der Waals surface area (Å²) in [5.74, 6) is -0.482. The van der Waals surface area contributed by atoms with E-state index in [1.54, 1.807) is 37.0 Å². The van der Waals surface area contributed by atoms with Crippen LogP contribution in [0, 0.1) is 3.57 Å². The maximum atomic E-state index is 12.0. The van der Waals surface area contributed by atoms with Gasteiger partial charge in [-0.1, -0.05) is 12.1 Å². The molecule has 2 amide bonds. The van der Waals surface area contributed by atoms with E-state index in [2.05, 4.69) is 43.5 Å². The number of aryl methyl sites for hydroxylation is 1. The number of nitrogens with zero attached hydrogens (tertiary/aromatic N) is 3. The Morgan fingerprint density at radius 3 is 2.39 bits per heavy atom. The summed E-state index contributed by atoms with van der Waals surface area (Å²) in [5.41, 5.74) is 5.04. The van der Waals surface area contributed by atoms with E-state index < -0.39 is 0 Å². The second-order valence-electron chi connectivity index (χ2n) is 4.90. The molecular weight excluding hydrogens is 409 g/mol. The van der Waals surface area contributed by atoms with Crippen molar-refractivity contribution in [3.05, 3.63) is 45.3 Å². The highest BCUT2D eigenvalue weighted by Gasteiger charge is 2.13. The largest absolute Gasteiger partial charge is 0.326 e. The molecule has 1 heterocycles. The highest BCUT2D eigenvalue weighted by molar-refractivity contribution is 14.1. The lowest BCUT2D eigenvalue weighted by Gasteiger charge is -2.05. The molecule has 0 saturated heterocycles. The number of nitrogens with one attached hydrogen (secondary N) is 2. The zero-order valence-electron chi connectivity index (χ0n) is 12.9. The van der Waals surface area contributed by atoms with Crippen LogP contribution in [0.5, 0.6) is 0 Å². The maximum Gasteiger partial charge on any atom is 0.292 e. The molecular formula is C15H16IN5O2. The van der Waals surface area contributed by atoms with E-state index in [1.807, 2.05) is 12.1 Å². The van der Waals surface area contributed by atoms with Gasteiger partial charge in [0.2, 0.25) is 5.91 Å². The molecule has 0 atom stereocenters. The van der Waals surface area contributed by atoms with Crippen molar-refractivity contribution < 1.29 is 9.59 Å². The number of hydrogen-bond donors (Lipinski definition) is 2. The number of rotatable bonds is 4. The van der Waals surface area contributed by atoms with Crippen LogP contribution in [-0.4, -0.2) is 27.3 Å². The van der Waals surface area contributed by atoms with E-state index in [0.29, 0.717) is 17.1 Å². The maximum absolute atomic E-state index is 12.0. The molecule has 1 aromatic heterocycles. The van der Waals surface area contributed by atoms with Crippen LogP contribution in [0.3, 0.4) is 0 Å². The fourth-order valence-electron chi connectivity index (χ4n) is 1.86. The first-order valence-corrected chi connectivity index (χ1v) is 7.86. The second-order valence-corrected chi connectivity index (χ2v) is 6.06. The first kappa shape index (κ1) is 17.1. The fraction of sp³-hybridized carbons (Fsp3) is 0.200. The van der Waals surface area contributed by atoms with Gasteiger partial charge in [-0.05, 0) is 47.2 Å². The molecule has 2 aromatic rings. The van der Waals surface area contributed by atoms with Crippen molar-refractivity contribution in [2.45, 2.75) is 13.8 Å². The number of halogens is 1. The lowest BCUT2D eigenvalue weighted by Crippen LogP contribution is -2.21. The molecule has 120 valence electrons. The van der Waals surface area contributed by atoms with E-state index in [1.165, 1.54) is 6.92 Å². The fourth-order valence-corrected chi connectivity index (χ4v) is 2.62. The summed E-state index contributed by atoms with van der Waals surface area (Å²) in [6.07, 6.45) is 1.76. The van der Waals surface area contributed by atoms with Crippen LogP contribution >= 0.6 is 22.6 Å². The smallest absolute Gasteiger partial charge is 0.292 e. The summed E-state index contributed by atoms with van der Waals surface area (Å²) in [4.78, 5) is 23.0. The minimum atomic E-state index is -0.357. The van der Waals surface area contributed by atoms with Crippen molar-refractivity contribution in [1.29, 1.82) is 0 Å². The van der Waals surface area contributed by atoms with Crippen LogP contribution in [0.1, 0.15) is 29.9 Å². The molecule has 8 heteroatoms. The molecule has 0 saturated carbocycles. The predicted molar refractivity (Wildman–Crippen MR) is 96.3 cm³/mol. The minimum absolute atomic E-state index is 0.125. The van der Waals surface area contributed by atoms with Gasteiger partial charge in [-0.15, -0.1) is 0 Å². The number of amides is 2. The van der Waals surface area contributed by atoms with Crippen LogP contribution in [0.15, 0.2) is 35.6 Å².